The molecule has 0 atom stereocenters. The van der Waals surface area contributed by atoms with Gasteiger partial charge in [-0.15, -0.1) is 0 Å². The van der Waals surface area contributed by atoms with Crippen LogP contribution in [0.5, 0.6) is 5.88 Å². The molecule has 0 spiro atoms. The van der Waals surface area contributed by atoms with Crippen LogP contribution in [0.4, 0.5) is 5.69 Å². The van der Waals surface area contributed by atoms with Crippen LogP contribution in [0.3, 0.4) is 0 Å². The van der Waals surface area contributed by atoms with Gasteiger partial charge in [0, 0.05) is 30.9 Å². The summed E-state index contributed by atoms with van der Waals surface area (Å²) in [6.07, 6.45) is 2.45. The average Bonchev–Trinajstić information content (AvgIpc) is 2.52. The fraction of sp³-hybridized carbons (Fsp3) is 0.250. The van der Waals surface area contributed by atoms with Crippen molar-refractivity contribution in [2.24, 2.45) is 0 Å². The van der Waals surface area contributed by atoms with Gasteiger partial charge in [-0.2, -0.15) is 0 Å². The third-order valence-electron chi connectivity index (χ3n) is 3.06. The van der Waals surface area contributed by atoms with Crippen LogP contribution in [0.1, 0.15) is 17.5 Å². The minimum Gasteiger partial charge on any atom is -0.481 e. The van der Waals surface area contributed by atoms with Crippen LogP contribution in [-0.2, 0) is 17.8 Å². The third-order valence-corrected chi connectivity index (χ3v) is 3.06. The minimum absolute atomic E-state index is 0.145. The molecule has 0 aliphatic heterocycles. The van der Waals surface area contributed by atoms with E-state index in [0.717, 1.165) is 16.8 Å². The van der Waals surface area contributed by atoms with E-state index in [2.05, 4.69) is 10.3 Å². The number of anilines is 1. The Hall–Kier alpha value is -2.56. The molecule has 2 rings (SSSR count). The molecular formula is C16H18N2O3. The first-order valence-corrected chi connectivity index (χ1v) is 6.71. The second kappa shape index (κ2) is 7.28. The molecule has 2 N–H and O–H groups in total. The number of carboxylic acids is 1. The summed E-state index contributed by atoms with van der Waals surface area (Å²) in [4.78, 5) is 14.7. The van der Waals surface area contributed by atoms with Gasteiger partial charge in [-0.05, 0) is 29.7 Å². The summed E-state index contributed by atoms with van der Waals surface area (Å²) in [5, 5.41) is 12.0. The lowest BCUT2D eigenvalue weighted by Crippen LogP contribution is -2.01. The molecule has 2 aromatic rings. The smallest absolute Gasteiger partial charge is 0.303 e. The summed E-state index contributed by atoms with van der Waals surface area (Å²) in [5.74, 6) is -0.188. The van der Waals surface area contributed by atoms with Crippen molar-refractivity contribution in [2.45, 2.75) is 19.4 Å². The summed E-state index contributed by atoms with van der Waals surface area (Å²) in [7, 11) is 1.59. The highest BCUT2D eigenvalue weighted by atomic mass is 16.5. The van der Waals surface area contributed by atoms with Gasteiger partial charge in [0.2, 0.25) is 5.88 Å². The number of benzene rings is 1. The molecule has 0 aliphatic rings. The van der Waals surface area contributed by atoms with Crippen LogP contribution < -0.4 is 10.1 Å². The molecule has 0 amide bonds. The van der Waals surface area contributed by atoms with Crippen molar-refractivity contribution in [1.82, 2.24) is 4.98 Å². The normalized spacial score (nSPS) is 10.1. The number of aryl methyl sites for hydroxylation is 1. The van der Waals surface area contributed by atoms with Crippen LogP contribution in [0, 0.1) is 0 Å². The Morgan fingerprint density at radius 3 is 2.81 bits per heavy atom. The molecule has 0 saturated carbocycles. The molecule has 110 valence electrons. The number of methoxy groups -OCH3 is 1. The zero-order valence-corrected chi connectivity index (χ0v) is 11.9. The zero-order valence-electron chi connectivity index (χ0n) is 11.9. The van der Waals surface area contributed by atoms with E-state index < -0.39 is 5.97 Å². The van der Waals surface area contributed by atoms with Gasteiger partial charge >= 0.3 is 5.97 Å². The quantitative estimate of drug-likeness (QED) is 0.819. The third kappa shape index (κ3) is 4.80. The van der Waals surface area contributed by atoms with Crippen molar-refractivity contribution < 1.29 is 14.6 Å². The minimum atomic E-state index is -0.780. The van der Waals surface area contributed by atoms with Gasteiger partial charge in [0.15, 0.2) is 0 Å². The van der Waals surface area contributed by atoms with Crippen molar-refractivity contribution in [1.29, 1.82) is 0 Å². The predicted octanol–water partition coefficient (Wildman–Crippen LogP) is 2.72. The number of nitrogens with one attached hydrogen (secondary N) is 1. The van der Waals surface area contributed by atoms with Gasteiger partial charge in [0.25, 0.3) is 0 Å². The number of rotatable bonds is 7. The Morgan fingerprint density at radius 2 is 2.14 bits per heavy atom. The molecule has 5 nitrogen and oxygen atoms in total. The predicted molar refractivity (Wildman–Crippen MR) is 80.5 cm³/mol. The van der Waals surface area contributed by atoms with Gasteiger partial charge in [-0.3, -0.25) is 4.79 Å². The summed E-state index contributed by atoms with van der Waals surface area (Å²) in [6.45, 7) is 0.652. The van der Waals surface area contributed by atoms with E-state index in [9.17, 15) is 4.79 Å². The Morgan fingerprint density at radius 1 is 1.29 bits per heavy atom. The van der Waals surface area contributed by atoms with E-state index in [1.54, 1.807) is 13.3 Å². The highest BCUT2D eigenvalue weighted by Gasteiger charge is 2.01. The van der Waals surface area contributed by atoms with Crippen LogP contribution >= 0.6 is 0 Å². The highest BCUT2D eigenvalue weighted by molar-refractivity contribution is 5.67. The lowest BCUT2D eigenvalue weighted by Gasteiger charge is -2.08. The van der Waals surface area contributed by atoms with Crippen molar-refractivity contribution in [2.75, 3.05) is 12.4 Å². The number of carboxylic acid groups (broad SMARTS) is 1. The van der Waals surface area contributed by atoms with Crippen LogP contribution in [0.2, 0.25) is 0 Å². The number of carbonyl (C=O) groups is 1. The van der Waals surface area contributed by atoms with Crippen molar-refractivity contribution in [3.05, 3.63) is 53.7 Å². The standard InChI is InChI=1S/C16H18N2O3/c1-21-15-7-5-13(11-18-15)10-17-14-4-2-3-12(9-14)6-8-16(19)20/h2-5,7,9,11,17H,6,8,10H2,1H3,(H,19,20). The molecule has 1 heterocycles. The first kappa shape index (κ1) is 14.8. The molecule has 0 fully saturated rings. The average molecular weight is 286 g/mol. The maximum absolute atomic E-state index is 10.6. The van der Waals surface area contributed by atoms with Crippen LogP contribution in [-0.4, -0.2) is 23.2 Å². The summed E-state index contributed by atoms with van der Waals surface area (Å²) < 4.78 is 5.01. The molecular weight excluding hydrogens is 268 g/mol. The summed E-state index contributed by atoms with van der Waals surface area (Å²) in [6, 6.07) is 11.6. The van der Waals surface area contributed by atoms with E-state index in [1.165, 1.54) is 0 Å². The van der Waals surface area contributed by atoms with Crippen molar-refractivity contribution in [3.8, 4) is 5.88 Å². The highest BCUT2D eigenvalue weighted by Crippen LogP contribution is 2.14. The monoisotopic (exact) mass is 286 g/mol. The Labute approximate surface area is 123 Å². The van der Waals surface area contributed by atoms with Gasteiger partial charge in [-0.25, -0.2) is 4.98 Å². The van der Waals surface area contributed by atoms with Crippen LogP contribution in [0.15, 0.2) is 42.6 Å². The Balaban J connectivity index is 1.92. The first-order chi connectivity index (χ1) is 10.2. The molecule has 0 radical (unpaired) electrons. The number of hydrogen-bond acceptors (Lipinski definition) is 4. The fourth-order valence-electron chi connectivity index (χ4n) is 1.93. The lowest BCUT2D eigenvalue weighted by atomic mass is 10.1. The Kier molecular flexibility index (Phi) is 5.15. The zero-order chi connectivity index (χ0) is 15.1. The van der Waals surface area contributed by atoms with E-state index in [1.807, 2.05) is 36.4 Å². The molecule has 0 aliphatic carbocycles. The molecule has 1 aromatic heterocycles. The molecule has 0 saturated heterocycles. The van der Waals surface area contributed by atoms with E-state index in [-0.39, 0.29) is 6.42 Å². The molecule has 21 heavy (non-hydrogen) atoms. The van der Waals surface area contributed by atoms with Crippen LogP contribution in [0.25, 0.3) is 0 Å². The van der Waals surface area contributed by atoms with E-state index in [4.69, 9.17) is 9.84 Å². The number of aliphatic carboxylic acids is 1. The van der Waals surface area contributed by atoms with Gasteiger partial charge in [0.1, 0.15) is 0 Å². The lowest BCUT2D eigenvalue weighted by molar-refractivity contribution is -0.136. The van der Waals surface area contributed by atoms with Crippen molar-refractivity contribution >= 4 is 11.7 Å². The SMILES string of the molecule is COc1ccc(CNc2cccc(CCC(=O)O)c2)cn1. The number of pyridine rings is 1. The summed E-state index contributed by atoms with van der Waals surface area (Å²) in [5.41, 5.74) is 3.02. The molecule has 0 unspecified atom stereocenters. The van der Waals surface area contributed by atoms with Crippen molar-refractivity contribution in [3.63, 3.8) is 0 Å². The second-order valence-corrected chi connectivity index (χ2v) is 4.66. The number of nitrogens with zero attached hydrogens (tertiary/aromatic N) is 1. The van der Waals surface area contributed by atoms with E-state index in [0.29, 0.717) is 18.8 Å². The summed E-state index contributed by atoms with van der Waals surface area (Å²) >= 11 is 0. The maximum Gasteiger partial charge on any atom is 0.303 e. The fourth-order valence-corrected chi connectivity index (χ4v) is 1.93. The number of hydrogen-bond donors (Lipinski definition) is 2. The van der Waals surface area contributed by atoms with E-state index >= 15 is 0 Å². The number of ether oxygens (including phenoxy) is 1. The van der Waals surface area contributed by atoms with Gasteiger partial charge in [0.05, 0.1) is 7.11 Å². The molecule has 5 heteroatoms. The molecule has 0 bridgehead atoms. The molecule has 1 aromatic carbocycles. The Bertz CT molecular complexity index is 597. The first-order valence-electron chi connectivity index (χ1n) is 6.71. The van der Waals surface area contributed by atoms with Gasteiger partial charge in [-0.1, -0.05) is 18.2 Å². The largest absolute Gasteiger partial charge is 0.481 e. The second-order valence-electron chi connectivity index (χ2n) is 4.66. The maximum atomic E-state index is 10.6. The number of aromatic nitrogens is 1. The van der Waals surface area contributed by atoms with Gasteiger partial charge < -0.3 is 15.2 Å². The topological polar surface area (TPSA) is 71.5 Å².